The molecule has 0 spiro atoms. The zero-order valence-corrected chi connectivity index (χ0v) is 12.2. The molecule has 0 heterocycles. The zero-order valence-electron chi connectivity index (χ0n) is 12.2. The van der Waals surface area contributed by atoms with Gasteiger partial charge in [-0.2, -0.15) is 0 Å². The average molecular weight is 262 g/mol. The molecular weight excluding hydrogens is 240 g/mol. The molecular formula is C16H22O3. The largest absolute Gasteiger partial charge is 0.498 e. The molecule has 0 aromatic carbocycles. The summed E-state index contributed by atoms with van der Waals surface area (Å²) >= 11 is 0. The molecule has 1 aliphatic rings. The predicted molar refractivity (Wildman–Crippen MR) is 76.8 cm³/mol. The Morgan fingerprint density at radius 3 is 2.58 bits per heavy atom. The van der Waals surface area contributed by atoms with Crippen molar-refractivity contribution in [1.82, 2.24) is 0 Å². The van der Waals surface area contributed by atoms with Gasteiger partial charge in [-0.1, -0.05) is 17.7 Å². The Kier molecular flexibility index (Phi) is 5.31. The van der Waals surface area contributed by atoms with E-state index in [1.807, 2.05) is 19.9 Å². The number of allylic oxidation sites excluding steroid dienone is 4. The highest BCUT2D eigenvalue weighted by molar-refractivity contribution is 6.06. The van der Waals surface area contributed by atoms with E-state index < -0.39 is 5.60 Å². The fraction of sp³-hybridized carbons (Fsp3) is 0.438. The lowest BCUT2D eigenvalue weighted by atomic mass is 9.85. The van der Waals surface area contributed by atoms with Gasteiger partial charge in [-0.15, -0.1) is 6.58 Å². The van der Waals surface area contributed by atoms with Gasteiger partial charge in [0, 0.05) is 25.2 Å². The summed E-state index contributed by atoms with van der Waals surface area (Å²) in [7, 11) is 3.19. The molecule has 0 fully saturated rings. The number of hydrogen-bond donors (Lipinski definition) is 0. The summed E-state index contributed by atoms with van der Waals surface area (Å²) < 4.78 is 11.0. The van der Waals surface area contributed by atoms with Crippen LogP contribution in [-0.4, -0.2) is 25.6 Å². The Balaban J connectivity index is 3.21. The van der Waals surface area contributed by atoms with Gasteiger partial charge >= 0.3 is 0 Å². The summed E-state index contributed by atoms with van der Waals surface area (Å²) in [5, 5.41) is 0. The first-order chi connectivity index (χ1) is 8.99. The summed E-state index contributed by atoms with van der Waals surface area (Å²) in [6.45, 7) is 7.74. The van der Waals surface area contributed by atoms with Crippen LogP contribution in [-0.2, 0) is 14.3 Å². The molecule has 0 saturated heterocycles. The third kappa shape index (κ3) is 3.44. The van der Waals surface area contributed by atoms with Crippen molar-refractivity contribution in [1.29, 1.82) is 0 Å². The molecule has 3 heteroatoms. The standard InChI is InChI=1S/C16H22O3/c1-6-7-13-11-16(19-5,9-8-12(2)3)15(18-4)10-14(13)17/h6,8,10-11H,1,7,9H2,2-5H3. The molecule has 1 aliphatic carbocycles. The molecule has 0 aliphatic heterocycles. The Bertz CT molecular complexity index is 451. The average Bonchev–Trinajstić information content (AvgIpc) is 2.39. The van der Waals surface area contributed by atoms with Crippen LogP contribution in [0.4, 0.5) is 0 Å². The Morgan fingerprint density at radius 1 is 1.42 bits per heavy atom. The van der Waals surface area contributed by atoms with Crippen LogP contribution in [0.2, 0.25) is 0 Å². The lowest BCUT2D eigenvalue weighted by Gasteiger charge is -2.33. The normalized spacial score (nSPS) is 22.4. The summed E-state index contributed by atoms with van der Waals surface area (Å²) in [6.07, 6.45) is 8.34. The lowest BCUT2D eigenvalue weighted by Crippen LogP contribution is -2.36. The molecule has 0 aromatic rings. The van der Waals surface area contributed by atoms with Gasteiger partial charge in [-0.25, -0.2) is 0 Å². The number of carbonyl (C=O) groups excluding carboxylic acids is 1. The minimum atomic E-state index is -0.696. The highest BCUT2D eigenvalue weighted by Crippen LogP contribution is 2.34. The summed E-state index contributed by atoms with van der Waals surface area (Å²) in [5.41, 5.74) is 1.19. The quantitative estimate of drug-likeness (QED) is 0.689. The molecule has 0 saturated carbocycles. The molecule has 0 radical (unpaired) electrons. The van der Waals surface area contributed by atoms with Gasteiger partial charge in [-0.05, 0) is 26.3 Å². The SMILES string of the molecule is C=CCC1=CC(CC=C(C)C)(OC)C(OC)=CC1=O. The molecule has 0 amide bonds. The molecule has 0 aromatic heterocycles. The van der Waals surface area contributed by atoms with Crippen LogP contribution in [0, 0.1) is 0 Å². The second kappa shape index (κ2) is 6.53. The van der Waals surface area contributed by atoms with Gasteiger partial charge in [0.1, 0.15) is 11.4 Å². The van der Waals surface area contributed by atoms with Crippen LogP contribution in [0.1, 0.15) is 26.7 Å². The number of rotatable bonds is 6. The van der Waals surface area contributed by atoms with Crippen molar-refractivity contribution in [3.63, 3.8) is 0 Å². The number of methoxy groups -OCH3 is 2. The summed E-state index contributed by atoms with van der Waals surface area (Å²) in [6, 6.07) is 0. The minimum Gasteiger partial charge on any atom is -0.498 e. The van der Waals surface area contributed by atoms with E-state index in [1.54, 1.807) is 20.3 Å². The molecule has 104 valence electrons. The molecule has 19 heavy (non-hydrogen) atoms. The topological polar surface area (TPSA) is 35.5 Å². The highest BCUT2D eigenvalue weighted by Gasteiger charge is 2.37. The van der Waals surface area contributed by atoms with Crippen molar-refractivity contribution in [2.45, 2.75) is 32.3 Å². The van der Waals surface area contributed by atoms with Crippen molar-refractivity contribution >= 4 is 5.78 Å². The monoisotopic (exact) mass is 262 g/mol. The fourth-order valence-electron chi connectivity index (χ4n) is 2.06. The smallest absolute Gasteiger partial charge is 0.185 e. The van der Waals surface area contributed by atoms with E-state index in [-0.39, 0.29) is 5.78 Å². The Morgan fingerprint density at radius 2 is 2.11 bits per heavy atom. The fourth-order valence-corrected chi connectivity index (χ4v) is 2.06. The molecule has 1 unspecified atom stereocenters. The summed E-state index contributed by atoms with van der Waals surface area (Å²) in [5.74, 6) is 0.506. The molecule has 1 atom stereocenters. The Hall–Kier alpha value is -1.61. The van der Waals surface area contributed by atoms with Crippen LogP contribution >= 0.6 is 0 Å². The third-order valence-corrected chi connectivity index (χ3v) is 3.17. The van der Waals surface area contributed by atoms with E-state index in [2.05, 4.69) is 12.7 Å². The Labute approximate surface area is 115 Å². The summed E-state index contributed by atoms with van der Waals surface area (Å²) in [4.78, 5) is 12.0. The molecule has 0 bridgehead atoms. The van der Waals surface area contributed by atoms with Gasteiger partial charge in [0.05, 0.1) is 7.11 Å². The van der Waals surface area contributed by atoms with Crippen molar-refractivity contribution in [3.8, 4) is 0 Å². The minimum absolute atomic E-state index is 0.0402. The van der Waals surface area contributed by atoms with Crippen LogP contribution in [0.5, 0.6) is 0 Å². The van der Waals surface area contributed by atoms with Crippen LogP contribution < -0.4 is 0 Å². The first-order valence-corrected chi connectivity index (χ1v) is 6.30. The van der Waals surface area contributed by atoms with E-state index in [0.29, 0.717) is 24.2 Å². The van der Waals surface area contributed by atoms with Gasteiger partial charge in [0.25, 0.3) is 0 Å². The molecule has 3 nitrogen and oxygen atoms in total. The van der Waals surface area contributed by atoms with E-state index in [0.717, 1.165) is 0 Å². The van der Waals surface area contributed by atoms with E-state index in [4.69, 9.17) is 9.47 Å². The second-order valence-electron chi connectivity index (χ2n) is 4.82. The highest BCUT2D eigenvalue weighted by atomic mass is 16.5. The van der Waals surface area contributed by atoms with Gasteiger partial charge in [0.15, 0.2) is 5.78 Å². The first-order valence-electron chi connectivity index (χ1n) is 6.30. The van der Waals surface area contributed by atoms with Gasteiger partial charge < -0.3 is 9.47 Å². The third-order valence-electron chi connectivity index (χ3n) is 3.17. The number of ketones is 1. The second-order valence-corrected chi connectivity index (χ2v) is 4.82. The van der Waals surface area contributed by atoms with Crippen molar-refractivity contribution < 1.29 is 14.3 Å². The van der Waals surface area contributed by atoms with E-state index in [9.17, 15) is 4.79 Å². The maximum atomic E-state index is 12.0. The van der Waals surface area contributed by atoms with Gasteiger partial charge in [-0.3, -0.25) is 4.79 Å². The number of ether oxygens (including phenoxy) is 2. The zero-order chi connectivity index (χ0) is 14.5. The number of carbonyl (C=O) groups is 1. The maximum Gasteiger partial charge on any atom is 0.185 e. The van der Waals surface area contributed by atoms with Crippen molar-refractivity contribution in [2.24, 2.45) is 0 Å². The first kappa shape index (κ1) is 15.4. The van der Waals surface area contributed by atoms with Gasteiger partial charge in [0.2, 0.25) is 0 Å². The van der Waals surface area contributed by atoms with Crippen molar-refractivity contribution in [3.05, 3.63) is 47.8 Å². The predicted octanol–water partition coefficient (Wildman–Crippen LogP) is 3.34. The van der Waals surface area contributed by atoms with E-state index in [1.165, 1.54) is 11.6 Å². The maximum absolute atomic E-state index is 12.0. The van der Waals surface area contributed by atoms with E-state index >= 15 is 0 Å². The lowest BCUT2D eigenvalue weighted by molar-refractivity contribution is -0.112. The van der Waals surface area contributed by atoms with Crippen LogP contribution in [0.3, 0.4) is 0 Å². The van der Waals surface area contributed by atoms with Crippen LogP contribution in [0.25, 0.3) is 0 Å². The van der Waals surface area contributed by atoms with Crippen LogP contribution in [0.15, 0.2) is 47.8 Å². The molecule has 0 N–H and O–H groups in total. The van der Waals surface area contributed by atoms with Crippen molar-refractivity contribution in [2.75, 3.05) is 14.2 Å². The number of hydrogen-bond acceptors (Lipinski definition) is 3. The molecule has 1 rings (SSSR count).